The number of hydrogen-bond donors (Lipinski definition) is 0. The third-order valence-electron chi connectivity index (χ3n) is 2.32. The average Bonchev–Trinajstić information content (AvgIpc) is 2.60. The maximum absolute atomic E-state index is 11.6. The van der Waals surface area contributed by atoms with Gasteiger partial charge in [-0.3, -0.25) is 0 Å². The first-order chi connectivity index (χ1) is 7.97. The van der Waals surface area contributed by atoms with Crippen molar-refractivity contribution in [3.63, 3.8) is 0 Å². The molecule has 1 aromatic rings. The number of carbonyl (C=O) groups is 1. The number of oxime groups is 1. The zero-order valence-electron chi connectivity index (χ0n) is 10.2. The molecule has 1 aliphatic rings. The lowest BCUT2D eigenvalue weighted by molar-refractivity contribution is -0.136. The van der Waals surface area contributed by atoms with Crippen LogP contribution in [-0.4, -0.2) is 11.7 Å². The van der Waals surface area contributed by atoms with Crippen molar-refractivity contribution in [2.24, 2.45) is 10.6 Å². The molecule has 0 atom stereocenters. The van der Waals surface area contributed by atoms with E-state index in [-0.39, 0.29) is 11.4 Å². The van der Waals surface area contributed by atoms with Gasteiger partial charge in [0.1, 0.15) is 5.71 Å². The molecule has 0 spiro atoms. The fourth-order valence-corrected chi connectivity index (χ4v) is 1.65. The molecule has 3 heteroatoms. The van der Waals surface area contributed by atoms with Crippen molar-refractivity contribution < 1.29 is 9.63 Å². The molecule has 17 heavy (non-hydrogen) atoms. The Morgan fingerprint density at radius 2 is 1.82 bits per heavy atom. The summed E-state index contributed by atoms with van der Waals surface area (Å²) in [4.78, 5) is 16.4. The van der Waals surface area contributed by atoms with Crippen molar-refractivity contribution in [3.05, 3.63) is 47.5 Å². The summed E-state index contributed by atoms with van der Waals surface area (Å²) in [6.45, 7) is 6.11. The van der Waals surface area contributed by atoms with Crippen molar-refractivity contribution in [2.75, 3.05) is 0 Å². The van der Waals surface area contributed by atoms with Crippen LogP contribution < -0.4 is 0 Å². The van der Waals surface area contributed by atoms with Crippen LogP contribution in [-0.2, 0) is 9.63 Å². The minimum absolute atomic E-state index is 0.0890. The number of rotatable bonds is 1. The second-order valence-electron chi connectivity index (χ2n) is 5.11. The lowest BCUT2D eigenvalue weighted by Crippen LogP contribution is -2.11. The van der Waals surface area contributed by atoms with Gasteiger partial charge in [-0.1, -0.05) is 62.3 Å². The van der Waals surface area contributed by atoms with Gasteiger partial charge in [0.05, 0.1) is 5.57 Å². The van der Waals surface area contributed by atoms with Crippen LogP contribution >= 0.6 is 0 Å². The van der Waals surface area contributed by atoms with Gasteiger partial charge in [0.2, 0.25) is 0 Å². The maximum Gasteiger partial charge on any atom is 0.367 e. The van der Waals surface area contributed by atoms with Crippen LogP contribution in [0.2, 0.25) is 0 Å². The van der Waals surface area contributed by atoms with Crippen LogP contribution in [0.4, 0.5) is 0 Å². The van der Waals surface area contributed by atoms with E-state index in [2.05, 4.69) is 5.16 Å². The minimum Gasteiger partial charge on any atom is -0.312 e. The Labute approximate surface area is 101 Å². The van der Waals surface area contributed by atoms with E-state index in [9.17, 15) is 4.79 Å². The number of nitrogens with zero attached hydrogens (tertiary/aromatic N) is 1. The standard InChI is InChI=1S/C14H15NO2/c1-14(2,3)9-11-12(15-17-13(11)16)10-7-5-4-6-8-10/h4-9H,1-3H3/b11-9+. The van der Waals surface area contributed by atoms with Crippen molar-refractivity contribution in [1.82, 2.24) is 0 Å². The highest BCUT2D eigenvalue weighted by atomic mass is 16.7. The molecule has 0 saturated carbocycles. The summed E-state index contributed by atoms with van der Waals surface area (Å²) >= 11 is 0. The number of benzene rings is 1. The number of carbonyl (C=O) groups excluding carboxylic acids is 1. The molecular formula is C14H15NO2. The average molecular weight is 229 g/mol. The third-order valence-corrected chi connectivity index (χ3v) is 2.32. The Bertz CT molecular complexity index is 493. The second-order valence-corrected chi connectivity index (χ2v) is 5.11. The Morgan fingerprint density at radius 3 is 2.41 bits per heavy atom. The Morgan fingerprint density at radius 1 is 1.18 bits per heavy atom. The van der Waals surface area contributed by atoms with E-state index in [1.807, 2.05) is 57.2 Å². The van der Waals surface area contributed by atoms with E-state index in [1.165, 1.54) is 0 Å². The summed E-state index contributed by atoms with van der Waals surface area (Å²) in [5.41, 5.74) is 1.97. The van der Waals surface area contributed by atoms with Crippen LogP contribution in [0.15, 0.2) is 47.1 Å². The summed E-state index contributed by atoms with van der Waals surface area (Å²) in [7, 11) is 0. The molecule has 88 valence electrons. The minimum atomic E-state index is -0.376. The molecule has 0 unspecified atom stereocenters. The molecule has 1 aromatic carbocycles. The molecule has 0 amide bonds. The first-order valence-corrected chi connectivity index (χ1v) is 5.55. The zero-order valence-corrected chi connectivity index (χ0v) is 10.2. The Hall–Kier alpha value is -1.90. The van der Waals surface area contributed by atoms with Gasteiger partial charge in [-0.05, 0) is 5.41 Å². The van der Waals surface area contributed by atoms with Crippen LogP contribution in [0, 0.1) is 5.41 Å². The van der Waals surface area contributed by atoms with Crippen LogP contribution in [0.5, 0.6) is 0 Å². The van der Waals surface area contributed by atoms with Crippen molar-refractivity contribution >= 4 is 11.7 Å². The molecule has 0 fully saturated rings. The van der Waals surface area contributed by atoms with Gasteiger partial charge in [-0.2, -0.15) is 0 Å². The quantitative estimate of drug-likeness (QED) is 0.548. The van der Waals surface area contributed by atoms with Crippen molar-refractivity contribution in [3.8, 4) is 0 Å². The van der Waals surface area contributed by atoms with Gasteiger partial charge in [-0.15, -0.1) is 0 Å². The molecule has 0 aliphatic carbocycles. The lowest BCUT2D eigenvalue weighted by atomic mass is 9.90. The summed E-state index contributed by atoms with van der Waals surface area (Å²) in [6.07, 6.45) is 1.90. The maximum atomic E-state index is 11.6. The predicted molar refractivity (Wildman–Crippen MR) is 66.6 cm³/mol. The van der Waals surface area contributed by atoms with Gasteiger partial charge in [0.25, 0.3) is 0 Å². The monoisotopic (exact) mass is 229 g/mol. The van der Waals surface area contributed by atoms with Gasteiger partial charge in [0.15, 0.2) is 0 Å². The second kappa shape index (κ2) is 4.17. The van der Waals surface area contributed by atoms with Gasteiger partial charge in [-0.25, -0.2) is 4.79 Å². The van der Waals surface area contributed by atoms with Crippen LogP contribution in [0.3, 0.4) is 0 Å². The number of allylic oxidation sites excluding steroid dienone is 1. The van der Waals surface area contributed by atoms with E-state index in [4.69, 9.17) is 4.84 Å². The van der Waals surface area contributed by atoms with Crippen LogP contribution in [0.25, 0.3) is 0 Å². The van der Waals surface area contributed by atoms with E-state index in [1.54, 1.807) is 0 Å². The first-order valence-electron chi connectivity index (χ1n) is 5.55. The van der Waals surface area contributed by atoms with Gasteiger partial charge < -0.3 is 4.84 Å². The van der Waals surface area contributed by atoms with Crippen molar-refractivity contribution in [1.29, 1.82) is 0 Å². The fourth-order valence-electron chi connectivity index (χ4n) is 1.65. The molecule has 1 aliphatic heterocycles. The summed E-state index contributed by atoms with van der Waals surface area (Å²) in [5, 5.41) is 3.85. The van der Waals surface area contributed by atoms with Gasteiger partial charge >= 0.3 is 5.97 Å². The van der Waals surface area contributed by atoms with E-state index in [0.717, 1.165) is 5.56 Å². The highest BCUT2D eigenvalue weighted by Gasteiger charge is 2.28. The SMILES string of the molecule is CC(C)(C)/C=C1/C(=O)ON=C1c1ccccc1. The highest BCUT2D eigenvalue weighted by molar-refractivity contribution is 6.28. The van der Waals surface area contributed by atoms with E-state index >= 15 is 0 Å². The highest BCUT2D eigenvalue weighted by Crippen LogP contribution is 2.24. The summed E-state index contributed by atoms with van der Waals surface area (Å²) in [6, 6.07) is 9.58. The third kappa shape index (κ3) is 2.61. The molecule has 0 saturated heterocycles. The Kier molecular flexibility index (Phi) is 2.84. The number of hydrogen-bond acceptors (Lipinski definition) is 3. The molecule has 0 radical (unpaired) electrons. The Balaban J connectivity index is 2.42. The zero-order chi connectivity index (χ0) is 12.5. The molecule has 0 bridgehead atoms. The smallest absolute Gasteiger partial charge is 0.312 e. The largest absolute Gasteiger partial charge is 0.367 e. The molecule has 0 aromatic heterocycles. The normalized spacial score (nSPS) is 18.2. The summed E-state index contributed by atoms with van der Waals surface area (Å²) in [5.74, 6) is -0.376. The van der Waals surface area contributed by atoms with Crippen LogP contribution in [0.1, 0.15) is 26.3 Å². The van der Waals surface area contributed by atoms with E-state index < -0.39 is 0 Å². The predicted octanol–water partition coefficient (Wildman–Crippen LogP) is 2.92. The first kappa shape index (κ1) is 11.6. The summed E-state index contributed by atoms with van der Waals surface area (Å²) < 4.78 is 0. The fraction of sp³-hybridized carbons (Fsp3) is 0.286. The lowest BCUT2D eigenvalue weighted by Gasteiger charge is -2.12. The molecule has 0 N–H and O–H groups in total. The molecule has 1 heterocycles. The van der Waals surface area contributed by atoms with Gasteiger partial charge in [0, 0.05) is 5.56 Å². The topological polar surface area (TPSA) is 38.7 Å². The van der Waals surface area contributed by atoms with Crippen molar-refractivity contribution in [2.45, 2.75) is 20.8 Å². The molecular weight excluding hydrogens is 214 g/mol. The van der Waals surface area contributed by atoms with E-state index in [0.29, 0.717) is 11.3 Å². The molecule has 2 rings (SSSR count). The molecule has 3 nitrogen and oxygen atoms in total.